The van der Waals surface area contributed by atoms with Gasteiger partial charge >= 0.3 is 0 Å². The fourth-order valence-corrected chi connectivity index (χ4v) is 8.19. The number of rotatable bonds is 8. The third-order valence-corrected chi connectivity index (χ3v) is 10.5. The van der Waals surface area contributed by atoms with E-state index in [4.69, 9.17) is 19.9 Å². The zero-order valence-electron chi connectivity index (χ0n) is 28.1. The molecule has 0 aromatic heterocycles. The highest BCUT2D eigenvalue weighted by Gasteiger charge is 2.81. The average molecular weight is 628 g/mol. The molecule has 4 bridgehead atoms. The minimum Gasteiger partial charge on any atom is -0.506 e. The van der Waals surface area contributed by atoms with Crippen molar-refractivity contribution in [3.8, 4) is 17.2 Å². The lowest BCUT2D eigenvalue weighted by molar-refractivity contribution is -0.171. The highest BCUT2D eigenvalue weighted by Crippen LogP contribution is 2.68. The lowest BCUT2D eigenvalue weighted by Gasteiger charge is -2.56. The molecule has 0 radical (unpaired) electrons. The number of Topliss-reactive ketones (excluding diaryl/α,β-unsaturated/α-hetero) is 2. The SMILES string of the molecule is CC(C)=CCCC1(C)C=Cc2c(O)c3c(c(CC=C(C)C)c2O1)O[C@]12C(=C[C@@H]4C[C@@H]1C(C)(C)OC2(C/C=C(/C)C(N)=O)C4=O)C3=O. The van der Waals surface area contributed by atoms with E-state index in [1.165, 1.54) is 5.57 Å². The molecule has 8 heteroatoms. The Morgan fingerprint density at radius 1 is 1.02 bits per heavy atom. The molecule has 244 valence electrons. The summed E-state index contributed by atoms with van der Waals surface area (Å²) in [6.45, 7) is 15.6. The van der Waals surface area contributed by atoms with Crippen LogP contribution in [0.3, 0.4) is 0 Å². The summed E-state index contributed by atoms with van der Waals surface area (Å²) >= 11 is 0. The third-order valence-electron chi connectivity index (χ3n) is 10.5. The standard InChI is InChI=1S/C38H45NO7/c1-20(2)10-9-15-36(8)16-14-24-29(40)28-30(41)26-18-23-19-27-35(6,7)46-37(33(23)42,17-13-22(5)34(39)43)38(26,27)45-32(28)25(31(24)44-36)12-11-21(3)4/h10-11,13-14,16,18,23,27,40H,9,12,15,17,19H2,1-8H3,(H2,39,43)/b22-13-/t23-,27-,36?,37?,38-/m1/s1. The molecule has 3 aliphatic carbocycles. The molecule has 3 aliphatic heterocycles. The highest BCUT2D eigenvalue weighted by atomic mass is 16.6. The van der Waals surface area contributed by atoms with Crippen molar-refractivity contribution in [1.82, 2.24) is 0 Å². The Morgan fingerprint density at radius 3 is 2.37 bits per heavy atom. The molecule has 1 saturated carbocycles. The summed E-state index contributed by atoms with van der Waals surface area (Å²) in [6.07, 6.45) is 13.7. The minimum atomic E-state index is -1.57. The van der Waals surface area contributed by atoms with Crippen molar-refractivity contribution in [2.24, 2.45) is 17.6 Å². The smallest absolute Gasteiger partial charge is 0.244 e. The first-order chi connectivity index (χ1) is 21.5. The van der Waals surface area contributed by atoms with Crippen LogP contribution in [0.4, 0.5) is 0 Å². The summed E-state index contributed by atoms with van der Waals surface area (Å²) in [5.74, 6) is -1.59. The normalized spacial score (nSPS) is 31.2. The molecule has 3 heterocycles. The molecule has 46 heavy (non-hydrogen) atoms. The molecule has 7 rings (SSSR count). The van der Waals surface area contributed by atoms with Gasteiger partial charge in [-0.1, -0.05) is 35.5 Å². The number of carbonyl (C=O) groups excluding carboxylic acids is 3. The molecule has 1 amide bonds. The second-order valence-corrected chi connectivity index (χ2v) is 14.8. The van der Waals surface area contributed by atoms with Gasteiger partial charge in [-0.05, 0) is 93.2 Å². The number of ketones is 2. The largest absolute Gasteiger partial charge is 0.506 e. The fraction of sp³-hybridized carbons (Fsp3) is 0.500. The summed E-state index contributed by atoms with van der Waals surface area (Å²) in [5.41, 5.74) is 5.08. The van der Waals surface area contributed by atoms with Crippen LogP contribution in [0.25, 0.3) is 6.08 Å². The summed E-state index contributed by atoms with van der Waals surface area (Å²) < 4.78 is 20.7. The van der Waals surface area contributed by atoms with E-state index in [0.29, 0.717) is 47.3 Å². The van der Waals surface area contributed by atoms with Crippen molar-refractivity contribution in [3.63, 3.8) is 0 Å². The van der Waals surface area contributed by atoms with Crippen LogP contribution in [0.15, 0.2) is 52.7 Å². The predicted molar refractivity (Wildman–Crippen MR) is 176 cm³/mol. The topological polar surface area (TPSA) is 125 Å². The molecule has 1 spiro atoms. The molecule has 1 aromatic carbocycles. The maximum atomic E-state index is 14.7. The molecular formula is C38H45NO7. The molecule has 3 N–H and O–H groups in total. The number of phenolic OH excluding ortho intramolecular Hbond substituents is 1. The van der Waals surface area contributed by atoms with Gasteiger partial charge < -0.3 is 25.1 Å². The number of aromatic hydroxyl groups is 1. The summed E-state index contributed by atoms with van der Waals surface area (Å²) in [6, 6.07) is 0. The third kappa shape index (κ3) is 4.47. The second kappa shape index (κ2) is 10.6. The van der Waals surface area contributed by atoms with E-state index in [-0.39, 0.29) is 41.0 Å². The Labute approximate surface area is 271 Å². The van der Waals surface area contributed by atoms with Crippen LogP contribution in [-0.2, 0) is 20.7 Å². The number of hydrogen-bond acceptors (Lipinski definition) is 7. The fourth-order valence-electron chi connectivity index (χ4n) is 8.19. The number of phenols is 1. The quantitative estimate of drug-likeness (QED) is 0.245. The zero-order valence-corrected chi connectivity index (χ0v) is 28.1. The van der Waals surface area contributed by atoms with E-state index in [1.807, 2.05) is 52.8 Å². The van der Waals surface area contributed by atoms with Crippen molar-refractivity contribution in [2.45, 2.75) is 110 Å². The van der Waals surface area contributed by atoms with Gasteiger partial charge in [-0.15, -0.1) is 0 Å². The number of ether oxygens (including phenoxy) is 3. The number of allylic oxidation sites excluding steroid dienone is 5. The molecular weight excluding hydrogens is 582 g/mol. The van der Waals surface area contributed by atoms with E-state index in [2.05, 4.69) is 19.9 Å². The number of fused-ring (bicyclic) bond motifs is 2. The van der Waals surface area contributed by atoms with E-state index >= 15 is 0 Å². The van der Waals surface area contributed by atoms with Gasteiger partial charge in [0.05, 0.1) is 11.2 Å². The Hall–Kier alpha value is -3.91. The van der Waals surface area contributed by atoms with Crippen LogP contribution < -0.4 is 15.2 Å². The lowest BCUT2D eigenvalue weighted by Crippen LogP contribution is -2.72. The number of hydrogen-bond donors (Lipinski definition) is 2. The van der Waals surface area contributed by atoms with Gasteiger partial charge in [-0.25, -0.2) is 0 Å². The van der Waals surface area contributed by atoms with Crippen LogP contribution in [-0.4, -0.2) is 45.0 Å². The summed E-state index contributed by atoms with van der Waals surface area (Å²) in [7, 11) is 0. The van der Waals surface area contributed by atoms with E-state index < -0.39 is 34.2 Å². The predicted octanol–water partition coefficient (Wildman–Crippen LogP) is 6.64. The van der Waals surface area contributed by atoms with Gasteiger partial charge in [0, 0.05) is 35.0 Å². The molecule has 2 unspecified atom stereocenters. The molecule has 8 nitrogen and oxygen atoms in total. The van der Waals surface area contributed by atoms with Crippen molar-refractivity contribution < 1.29 is 33.7 Å². The van der Waals surface area contributed by atoms with Crippen molar-refractivity contribution in [2.75, 3.05) is 0 Å². The molecule has 2 fully saturated rings. The van der Waals surface area contributed by atoms with Crippen LogP contribution in [0.5, 0.6) is 17.2 Å². The molecule has 1 aromatic rings. The van der Waals surface area contributed by atoms with Gasteiger partial charge in [0.15, 0.2) is 22.8 Å². The minimum absolute atomic E-state index is 0.0128. The van der Waals surface area contributed by atoms with Crippen LogP contribution in [0, 0.1) is 11.8 Å². The van der Waals surface area contributed by atoms with Crippen molar-refractivity contribution in [3.05, 3.63) is 69.4 Å². The Bertz CT molecular complexity index is 1730. The average Bonchev–Trinajstić information content (AvgIpc) is 3.12. The van der Waals surface area contributed by atoms with E-state index in [9.17, 15) is 19.5 Å². The monoisotopic (exact) mass is 627 g/mol. The van der Waals surface area contributed by atoms with E-state index in [1.54, 1.807) is 19.1 Å². The van der Waals surface area contributed by atoms with Gasteiger partial charge in [0.1, 0.15) is 28.4 Å². The van der Waals surface area contributed by atoms with Gasteiger partial charge in [-0.2, -0.15) is 0 Å². The molecule has 1 saturated heterocycles. The summed E-state index contributed by atoms with van der Waals surface area (Å²) in [4.78, 5) is 41.1. The second-order valence-electron chi connectivity index (χ2n) is 14.8. The van der Waals surface area contributed by atoms with Crippen molar-refractivity contribution >= 4 is 23.5 Å². The number of nitrogens with two attached hydrogens (primary N) is 1. The van der Waals surface area contributed by atoms with Gasteiger partial charge in [0.2, 0.25) is 5.91 Å². The Morgan fingerprint density at radius 2 is 1.72 bits per heavy atom. The zero-order chi connectivity index (χ0) is 33.6. The summed E-state index contributed by atoms with van der Waals surface area (Å²) in [5, 5.41) is 11.8. The molecule has 6 aliphatic rings. The first-order valence-electron chi connectivity index (χ1n) is 16.2. The van der Waals surface area contributed by atoms with Gasteiger partial charge in [-0.3, -0.25) is 14.4 Å². The first kappa shape index (κ1) is 32.0. The van der Waals surface area contributed by atoms with Crippen molar-refractivity contribution in [1.29, 1.82) is 0 Å². The maximum absolute atomic E-state index is 14.7. The number of carbonyl (C=O) groups is 3. The maximum Gasteiger partial charge on any atom is 0.244 e. The van der Waals surface area contributed by atoms with Crippen LogP contribution in [0.2, 0.25) is 0 Å². The lowest BCUT2D eigenvalue weighted by atomic mass is 9.51. The Kier molecular flexibility index (Phi) is 7.36. The van der Waals surface area contributed by atoms with E-state index in [0.717, 1.165) is 12.0 Å². The number of amides is 1. The van der Waals surface area contributed by atoms with Crippen LogP contribution >= 0.6 is 0 Å². The number of benzene rings is 1. The molecule has 5 atom stereocenters. The van der Waals surface area contributed by atoms with Crippen LogP contribution in [0.1, 0.15) is 103 Å². The van der Waals surface area contributed by atoms with Gasteiger partial charge in [0.25, 0.3) is 0 Å². The highest BCUT2D eigenvalue weighted by molar-refractivity contribution is 6.19. The Balaban J connectivity index is 1.59. The number of primary amides is 1. The first-order valence-corrected chi connectivity index (χ1v) is 16.2.